The molecule has 6 aromatic carbocycles. The maximum absolute atomic E-state index is 5.21. The van der Waals surface area contributed by atoms with Crippen LogP contribution < -0.4 is 0 Å². The van der Waals surface area contributed by atoms with Gasteiger partial charge in [-0.25, -0.2) is 4.98 Å². The van der Waals surface area contributed by atoms with E-state index < -0.39 is 0 Å². The van der Waals surface area contributed by atoms with Crippen LogP contribution >= 0.6 is 0 Å². The van der Waals surface area contributed by atoms with Crippen molar-refractivity contribution in [3.63, 3.8) is 0 Å². The molecule has 6 nitrogen and oxygen atoms in total. The van der Waals surface area contributed by atoms with Gasteiger partial charge in [0.25, 0.3) is 0 Å². The zero-order valence-corrected chi connectivity index (χ0v) is 33.5. The van der Waals surface area contributed by atoms with Gasteiger partial charge in [0.05, 0.1) is 50.5 Å². The Hall–Kier alpha value is -8.48. The standard InChI is InChI=1S/C56H36N6/c1-3-13-39(14-4-1)55-53-44-17-7-9-20-49(44)61(51(53)30-33-58-55)42-26-22-37(23-27-42)41-35-47(60-48(36-41)46-19-11-12-32-57-46)38-24-28-43(29-25-38)62-50-21-10-8-18-45(50)54-52(62)31-34-59-56(54)40-15-5-2-6-16-40/h1-36H. The summed E-state index contributed by atoms with van der Waals surface area (Å²) in [5, 5.41) is 4.64. The number of para-hydroxylation sites is 2. The highest BCUT2D eigenvalue weighted by molar-refractivity contribution is 6.16. The quantitative estimate of drug-likeness (QED) is 0.161. The number of pyridine rings is 4. The van der Waals surface area contributed by atoms with Gasteiger partial charge in [0.2, 0.25) is 0 Å². The van der Waals surface area contributed by atoms with E-state index in [-0.39, 0.29) is 0 Å². The van der Waals surface area contributed by atoms with Crippen molar-refractivity contribution in [2.75, 3.05) is 0 Å². The Bertz CT molecular complexity index is 3370. The molecule has 6 aromatic heterocycles. The van der Waals surface area contributed by atoms with Crippen molar-refractivity contribution in [1.82, 2.24) is 29.1 Å². The third-order valence-corrected chi connectivity index (χ3v) is 11.9. The molecular formula is C56H36N6. The predicted molar refractivity (Wildman–Crippen MR) is 253 cm³/mol. The van der Waals surface area contributed by atoms with E-state index in [9.17, 15) is 0 Å². The number of benzene rings is 6. The molecule has 0 bridgehead atoms. The molecular weight excluding hydrogens is 757 g/mol. The van der Waals surface area contributed by atoms with Crippen molar-refractivity contribution in [2.45, 2.75) is 0 Å². The fraction of sp³-hybridized carbons (Fsp3) is 0. The largest absolute Gasteiger partial charge is 0.309 e. The molecule has 0 unspecified atom stereocenters. The fourth-order valence-electron chi connectivity index (χ4n) is 9.09. The number of hydrogen-bond acceptors (Lipinski definition) is 4. The minimum atomic E-state index is 0.818. The average Bonchev–Trinajstić information content (AvgIpc) is 3.88. The molecule has 0 fully saturated rings. The lowest BCUT2D eigenvalue weighted by Gasteiger charge is -2.13. The second-order valence-corrected chi connectivity index (χ2v) is 15.5. The van der Waals surface area contributed by atoms with Crippen molar-refractivity contribution < 1.29 is 0 Å². The third-order valence-electron chi connectivity index (χ3n) is 11.9. The van der Waals surface area contributed by atoms with Crippen molar-refractivity contribution in [2.24, 2.45) is 0 Å². The van der Waals surface area contributed by atoms with Gasteiger partial charge in [-0.1, -0.05) is 127 Å². The van der Waals surface area contributed by atoms with Gasteiger partial charge in [0.15, 0.2) is 0 Å². The number of fused-ring (bicyclic) bond motifs is 6. The van der Waals surface area contributed by atoms with Gasteiger partial charge in [-0.05, 0) is 83.9 Å². The topological polar surface area (TPSA) is 61.4 Å². The van der Waals surface area contributed by atoms with Gasteiger partial charge >= 0.3 is 0 Å². The second-order valence-electron chi connectivity index (χ2n) is 15.5. The van der Waals surface area contributed by atoms with Crippen molar-refractivity contribution in [3.05, 3.63) is 219 Å². The van der Waals surface area contributed by atoms with Gasteiger partial charge in [-0.15, -0.1) is 0 Å². The molecule has 0 aliphatic carbocycles. The van der Waals surface area contributed by atoms with Crippen LogP contribution in [0.2, 0.25) is 0 Å². The number of nitrogens with zero attached hydrogens (tertiary/aromatic N) is 6. The highest BCUT2D eigenvalue weighted by atomic mass is 15.0. The Balaban J connectivity index is 0.953. The van der Waals surface area contributed by atoms with Gasteiger partial charge < -0.3 is 9.13 Å². The molecule has 0 spiro atoms. The third kappa shape index (κ3) is 5.88. The van der Waals surface area contributed by atoms with E-state index >= 15 is 0 Å². The molecule has 0 saturated carbocycles. The average molecular weight is 793 g/mol. The smallest absolute Gasteiger partial charge is 0.0899 e. The second kappa shape index (κ2) is 14.7. The molecule has 6 heterocycles. The minimum absolute atomic E-state index is 0.818. The number of hydrogen-bond donors (Lipinski definition) is 0. The van der Waals surface area contributed by atoms with E-state index in [1.807, 2.05) is 48.9 Å². The number of rotatable bonds is 7. The van der Waals surface area contributed by atoms with E-state index in [0.29, 0.717) is 0 Å². The summed E-state index contributed by atoms with van der Waals surface area (Å²) in [6, 6.07) is 70.2. The molecule has 6 heteroatoms. The predicted octanol–water partition coefficient (Wildman–Crippen LogP) is 13.8. The fourth-order valence-corrected chi connectivity index (χ4v) is 9.09. The molecule has 0 saturated heterocycles. The van der Waals surface area contributed by atoms with Gasteiger partial charge in [-0.2, -0.15) is 0 Å². The van der Waals surface area contributed by atoms with E-state index in [1.165, 1.54) is 10.8 Å². The Labute approximate surface area is 357 Å². The van der Waals surface area contributed by atoms with Crippen LogP contribution in [0.15, 0.2) is 219 Å². The van der Waals surface area contributed by atoms with Crippen molar-refractivity contribution in [1.29, 1.82) is 0 Å². The van der Waals surface area contributed by atoms with Gasteiger partial charge in [0, 0.05) is 68.2 Å². The maximum atomic E-state index is 5.21. The molecule has 62 heavy (non-hydrogen) atoms. The van der Waals surface area contributed by atoms with Crippen LogP contribution in [0.1, 0.15) is 0 Å². The van der Waals surface area contributed by atoms with Crippen molar-refractivity contribution >= 4 is 43.6 Å². The molecule has 0 amide bonds. The lowest BCUT2D eigenvalue weighted by atomic mass is 10.0. The number of aromatic nitrogens is 6. The normalized spacial score (nSPS) is 11.5. The van der Waals surface area contributed by atoms with Crippen LogP contribution in [0.5, 0.6) is 0 Å². The maximum Gasteiger partial charge on any atom is 0.0899 e. The van der Waals surface area contributed by atoms with E-state index in [0.717, 1.165) is 101 Å². The molecule has 0 N–H and O–H groups in total. The van der Waals surface area contributed by atoms with Gasteiger partial charge in [-0.3, -0.25) is 15.0 Å². The summed E-state index contributed by atoms with van der Waals surface area (Å²) in [5.41, 5.74) is 16.5. The van der Waals surface area contributed by atoms with E-state index in [2.05, 4.69) is 179 Å². The summed E-state index contributed by atoms with van der Waals surface area (Å²) in [4.78, 5) is 19.7. The lowest BCUT2D eigenvalue weighted by Crippen LogP contribution is -1.96. The lowest BCUT2D eigenvalue weighted by molar-refractivity contribution is 1.17. The SMILES string of the molecule is c1ccc(-c2nccc3c2c2ccccc2n3-c2ccc(-c3cc(-c4ccc(-n5c6ccccc6c6c(-c7ccccc7)nccc65)cc4)nc(-c4ccccn4)c3)cc2)cc1. The molecule has 0 atom stereocenters. The minimum Gasteiger partial charge on any atom is -0.309 e. The molecule has 0 radical (unpaired) electrons. The molecule has 290 valence electrons. The van der Waals surface area contributed by atoms with E-state index in [4.69, 9.17) is 19.9 Å². The zero-order chi connectivity index (χ0) is 41.0. The Kier molecular flexibility index (Phi) is 8.38. The first-order valence-corrected chi connectivity index (χ1v) is 20.8. The van der Waals surface area contributed by atoms with E-state index in [1.54, 1.807) is 0 Å². The monoisotopic (exact) mass is 792 g/mol. The summed E-state index contributed by atoms with van der Waals surface area (Å²) < 4.78 is 4.68. The van der Waals surface area contributed by atoms with Crippen LogP contribution in [0.3, 0.4) is 0 Å². The van der Waals surface area contributed by atoms with Crippen LogP contribution in [-0.2, 0) is 0 Å². The summed E-state index contributed by atoms with van der Waals surface area (Å²) in [6.07, 6.45) is 5.65. The first kappa shape index (κ1) is 35.5. The molecule has 12 aromatic rings. The highest BCUT2D eigenvalue weighted by Gasteiger charge is 2.19. The summed E-state index contributed by atoms with van der Waals surface area (Å²) in [6.45, 7) is 0. The molecule has 0 aliphatic rings. The van der Waals surface area contributed by atoms with Crippen LogP contribution in [0.25, 0.3) is 111 Å². The summed E-state index contributed by atoms with van der Waals surface area (Å²) in [7, 11) is 0. The van der Waals surface area contributed by atoms with Crippen LogP contribution in [0.4, 0.5) is 0 Å². The summed E-state index contributed by atoms with van der Waals surface area (Å²) >= 11 is 0. The Morgan fingerprint density at radius 2 is 0.774 bits per heavy atom. The van der Waals surface area contributed by atoms with Crippen LogP contribution in [-0.4, -0.2) is 29.1 Å². The first-order valence-electron chi connectivity index (χ1n) is 20.8. The van der Waals surface area contributed by atoms with Crippen LogP contribution in [0, 0.1) is 0 Å². The molecule has 0 aliphatic heterocycles. The summed E-state index contributed by atoms with van der Waals surface area (Å²) in [5.74, 6) is 0. The molecule has 12 rings (SSSR count). The zero-order valence-electron chi connectivity index (χ0n) is 33.5. The first-order chi connectivity index (χ1) is 30.8. The highest BCUT2D eigenvalue weighted by Crippen LogP contribution is 2.40. The Morgan fingerprint density at radius 1 is 0.290 bits per heavy atom. The Morgan fingerprint density at radius 3 is 1.31 bits per heavy atom. The van der Waals surface area contributed by atoms with Crippen molar-refractivity contribution in [3.8, 4) is 67.7 Å². The van der Waals surface area contributed by atoms with Gasteiger partial charge in [0.1, 0.15) is 0 Å².